The van der Waals surface area contributed by atoms with Crippen LogP contribution in [0.4, 0.5) is 4.79 Å². The number of likely N-dealkylation sites (tertiary alicyclic amines) is 1. The van der Waals surface area contributed by atoms with Crippen LogP contribution in [0.5, 0.6) is 0 Å². The fourth-order valence-corrected chi connectivity index (χ4v) is 6.49. The number of piperidine rings is 1. The average Bonchev–Trinajstić information content (AvgIpc) is 3.36. The van der Waals surface area contributed by atoms with E-state index in [4.69, 9.17) is 4.74 Å². The van der Waals surface area contributed by atoms with Crippen molar-refractivity contribution in [1.82, 2.24) is 10.2 Å². The Balaban J connectivity index is 1.13. The maximum atomic E-state index is 13.7. The molecule has 42 heavy (non-hydrogen) atoms. The molecular formula is C35H31BrN2O4. The van der Waals surface area contributed by atoms with Gasteiger partial charge in [0.15, 0.2) is 5.78 Å². The van der Waals surface area contributed by atoms with Gasteiger partial charge in [-0.15, -0.1) is 0 Å². The minimum absolute atomic E-state index is 0.0130. The maximum absolute atomic E-state index is 13.7. The van der Waals surface area contributed by atoms with Crippen LogP contribution in [0.15, 0.2) is 108 Å². The van der Waals surface area contributed by atoms with Crippen molar-refractivity contribution >= 4 is 33.7 Å². The number of amides is 2. The molecule has 0 bridgehead atoms. The number of benzene rings is 4. The van der Waals surface area contributed by atoms with E-state index in [1.807, 2.05) is 54.6 Å². The molecule has 6 rings (SSSR count). The second kappa shape index (κ2) is 11.9. The lowest BCUT2D eigenvalue weighted by Crippen LogP contribution is -2.53. The van der Waals surface area contributed by atoms with E-state index in [0.717, 1.165) is 10.0 Å². The molecule has 0 atom stereocenters. The lowest BCUT2D eigenvalue weighted by molar-refractivity contribution is -0.128. The van der Waals surface area contributed by atoms with Crippen LogP contribution in [-0.4, -0.2) is 48.9 Å². The second-order valence-corrected chi connectivity index (χ2v) is 11.8. The molecule has 1 aliphatic carbocycles. The minimum Gasteiger partial charge on any atom is -0.448 e. The van der Waals surface area contributed by atoms with Crippen LogP contribution in [0.1, 0.15) is 45.8 Å². The Labute approximate surface area is 253 Å². The summed E-state index contributed by atoms with van der Waals surface area (Å²) >= 11 is 3.48. The second-order valence-electron chi connectivity index (χ2n) is 10.9. The van der Waals surface area contributed by atoms with Crippen molar-refractivity contribution in [2.24, 2.45) is 0 Å². The summed E-state index contributed by atoms with van der Waals surface area (Å²) in [4.78, 5) is 41.4. The normalized spacial score (nSPS) is 15.4. The first-order valence-corrected chi connectivity index (χ1v) is 15.0. The van der Waals surface area contributed by atoms with E-state index in [1.54, 1.807) is 29.2 Å². The SMILES string of the molecule is O=C(CNC(=O)C1(c2ccc(Br)cc2)CCN(C(=O)OCC2c3ccccc3-c3ccccc32)CC1)c1ccccc1. The molecule has 4 aromatic rings. The van der Waals surface area contributed by atoms with Gasteiger partial charge in [0.2, 0.25) is 5.91 Å². The standard InChI is InChI=1S/C35H31BrN2O4/c36-26-16-14-25(15-17-26)35(33(40)37-22-32(39)24-8-2-1-3-9-24)18-20-38(21-19-35)34(41)42-23-31-29-12-6-4-10-27(29)28-11-5-7-13-30(28)31/h1-17,31H,18-23H2,(H,37,40). The molecule has 2 amide bonds. The topological polar surface area (TPSA) is 75.7 Å². The average molecular weight is 624 g/mol. The van der Waals surface area contributed by atoms with Crippen molar-refractivity contribution in [2.75, 3.05) is 26.2 Å². The van der Waals surface area contributed by atoms with E-state index in [-0.39, 0.29) is 36.9 Å². The monoisotopic (exact) mass is 622 g/mol. The van der Waals surface area contributed by atoms with Crippen LogP contribution in [0, 0.1) is 0 Å². The molecule has 7 heteroatoms. The van der Waals surface area contributed by atoms with Crippen molar-refractivity contribution in [2.45, 2.75) is 24.2 Å². The number of hydrogen-bond acceptors (Lipinski definition) is 4. The number of carbonyl (C=O) groups is 3. The molecule has 0 radical (unpaired) electrons. The van der Waals surface area contributed by atoms with Crippen LogP contribution in [-0.2, 0) is 14.9 Å². The highest BCUT2D eigenvalue weighted by Gasteiger charge is 2.44. The smallest absolute Gasteiger partial charge is 0.409 e. The fraction of sp³-hybridized carbons (Fsp3) is 0.229. The van der Waals surface area contributed by atoms with E-state index in [0.29, 0.717) is 31.5 Å². The van der Waals surface area contributed by atoms with Gasteiger partial charge in [-0.2, -0.15) is 0 Å². The summed E-state index contributed by atoms with van der Waals surface area (Å²) in [7, 11) is 0. The molecule has 1 heterocycles. The lowest BCUT2D eigenvalue weighted by Gasteiger charge is -2.40. The third-order valence-corrected chi connectivity index (χ3v) is 9.08. The van der Waals surface area contributed by atoms with E-state index < -0.39 is 5.41 Å². The first-order valence-electron chi connectivity index (χ1n) is 14.2. The van der Waals surface area contributed by atoms with Gasteiger partial charge in [-0.05, 0) is 52.8 Å². The largest absolute Gasteiger partial charge is 0.448 e. The fourth-order valence-electron chi connectivity index (χ4n) is 6.23. The van der Waals surface area contributed by atoms with Crippen molar-refractivity contribution < 1.29 is 19.1 Å². The number of ether oxygens (including phenoxy) is 1. The molecule has 0 saturated carbocycles. The summed E-state index contributed by atoms with van der Waals surface area (Å²) in [5, 5.41) is 2.89. The van der Waals surface area contributed by atoms with E-state index >= 15 is 0 Å². The summed E-state index contributed by atoms with van der Waals surface area (Å²) in [6.45, 7) is 0.903. The third-order valence-electron chi connectivity index (χ3n) is 8.55. The van der Waals surface area contributed by atoms with Gasteiger partial charge in [0.05, 0.1) is 12.0 Å². The summed E-state index contributed by atoms with van der Waals surface area (Å²) in [6.07, 6.45) is 0.468. The maximum Gasteiger partial charge on any atom is 0.409 e. The summed E-state index contributed by atoms with van der Waals surface area (Å²) in [6, 6.07) is 33.2. The molecule has 0 unspecified atom stereocenters. The number of Topliss-reactive ketones (excluding diaryl/α,β-unsaturated/α-hetero) is 1. The van der Waals surface area contributed by atoms with Gasteiger partial charge >= 0.3 is 6.09 Å². The Kier molecular flexibility index (Phi) is 7.94. The number of rotatable bonds is 7. The van der Waals surface area contributed by atoms with Crippen LogP contribution in [0.25, 0.3) is 11.1 Å². The third kappa shape index (κ3) is 5.37. The van der Waals surface area contributed by atoms with Gasteiger partial charge in [-0.1, -0.05) is 107 Å². The van der Waals surface area contributed by atoms with Gasteiger partial charge in [0, 0.05) is 29.0 Å². The Bertz CT molecular complexity index is 1570. The summed E-state index contributed by atoms with van der Waals surface area (Å²) in [5.74, 6) is -0.367. The first-order chi connectivity index (χ1) is 20.5. The summed E-state index contributed by atoms with van der Waals surface area (Å²) in [5.41, 5.74) is 5.26. The Hall–Kier alpha value is -4.23. The highest BCUT2D eigenvalue weighted by molar-refractivity contribution is 9.10. The molecule has 1 fully saturated rings. The Morgan fingerprint density at radius 1 is 0.786 bits per heavy atom. The number of nitrogens with one attached hydrogen (secondary N) is 1. The van der Waals surface area contributed by atoms with Gasteiger partial charge in [0.25, 0.3) is 0 Å². The zero-order valence-electron chi connectivity index (χ0n) is 23.1. The molecule has 2 aliphatic rings. The molecule has 0 aromatic heterocycles. The number of halogens is 1. The molecule has 4 aromatic carbocycles. The molecule has 1 aliphatic heterocycles. The molecular weight excluding hydrogens is 592 g/mol. The van der Waals surface area contributed by atoms with E-state index in [2.05, 4.69) is 45.5 Å². The predicted octanol–water partition coefficient (Wildman–Crippen LogP) is 6.73. The van der Waals surface area contributed by atoms with Crippen LogP contribution in [0.2, 0.25) is 0 Å². The summed E-state index contributed by atoms with van der Waals surface area (Å²) < 4.78 is 6.81. The van der Waals surface area contributed by atoms with Gasteiger partial charge in [0.1, 0.15) is 6.61 Å². The number of fused-ring (bicyclic) bond motifs is 3. The van der Waals surface area contributed by atoms with Gasteiger partial charge in [-0.25, -0.2) is 4.79 Å². The van der Waals surface area contributed by atoms with Crippen LogP contribution in [0.3, 0.4) is 0 Å². The van der Waals surface area contributed by atoms with Gasteiger partial charge in [-0.3, -0.25) is 9.59 Å². The number of hydrogen-bond donors (Lipinski definition) is 1. The van der Waals surface area contributed by atoms with E-state index in [9.17, 15) is 14.4 Å². The zero-order chi connectivity index (χ0) is 29.1. The van der Waals surface area contributed by atoms with Crippen LogP contribution >= 0.6 is 15.9 Å². The van der Waals surface area contributed by atoms with Gasteiger partial charge < -0.3 is 15.0 Å². The number of carbonyl (C=O) groups excluding carboxylic acids is 3. The first kappa shape index (κ1) is 27.9. The predicted molar refractivity (Wildman–Crippen MR) is 165 cm³/mol. The number of ketones is 1. The van der Waals surface area contributed by atoms with E-state index in [1.165, 1.54) is 22.3 Å². The highest BCUT2D eigenvalue weighted by Crippen LogP contribution is 2.44. The Morgan fingerprint density at radius 3 is 1.98 bits per heavy atom. The zero-order valence-corrected chi connectivity index (χ0v) is 24.7. The van der Waals surface area contributed by atoms with Crippen molar-refractivity contribution in [1.29, 1.82) is 0 Å². The quantitative estimate of drug-likeness (QED) is 0.232. The Morgan fingerprint density at radius 2 is 1.36 bits per heavy atom. The molecule has 1 N–H and O–H groups in total. The van der Waals surface area contributed by atoms with Crippen molar-refractivity contribution in [3.05, 3.63) is 130 Å². The highest BCUT2D eigenvalue weighted by atomic mass is 79.9. The lowest BCUT2D eigenvalue weighted by atomic mass is 9.72. The van der Waals surface area contributed by atoms with Crippen LogP contribution < -0.4 is 5.32 Å². The molecule has 1 saturated heterocycles. The van der Waals surface area contributed by atoms with Crippen molar-refractivity contribution in [3.63, 3.8) is 0 Å². The minimum atomic E-state index is -0.863. The molecule has 6 nitrogen and oxygen atoms in total. The number of nitrogens with zero attached hydrogens (tertiary/aromatic N) is 1. The molecule has 0 spiro atoms. The molecule has 212 valence electrons. The van der Waals surface area contributed by atoms with Crippen molar-refractivity contribution in [3.8, 4) is 11.1 Å².